The zero-order chi connectivity index (χ0) is 14.0. The SMILES string of the molecule is Cc1c(C)c2c3ccccc3n3c2n(c1=O)C[C@@H](C)C3. The molecule has 0 saturated heterocycles. The molecule has 1 atom stereocenters. The third-order valence-electron chi connectivity index (χ3n) is 4.69. The number of rotatable bonds is 0. The first kappa shape index (κ1) is 11.8. The molecule has 0 bridgehead atoms. The van der Waals surface area contributed by atoms with Gasteiger partial charge in [-0.15, -0.1) is 0 Å². The largest absolute Gasteiger partial charge is 0.326 e. The summed E-state index contributed by atoms with van der Waals surface area (Å²) in [6.07, 6.45) is 0. The van der Waals surface area contributed by atoms with E-state index in [-0.39, 0.29) is 5.56 Å². The zero-order valence-electron chi connectivity index (χ0n) is 12.1. The van der Waals surface area contributed by atoms with Crippen molar-refractivity contribution in [3.63, 3.8) is 0 Å². The second-order valence-corrected chi connectivity index (χ2v) is 6.10. The summed E-state index contributed by atoms with van der Waals surface area (Å²) >= 11 is 0. The van der Waals surface area contributed by atoms with Crippen molar-refractivity contribution in [1.29, 1.82) is 0 Å². The van der Waals surface area contributed by atoms with Gasteiger partial charge in [0.05, 0.1) is 5.52 Å². The van der Waals surface area contributed by atoms with Crippen molar-refractivity contribution in [3.8, 4) is 0 Å². The number of fused-ring (bicyclic) bond motifs is 3. The Kier molecular flexibility index (Phi) is 2.21. The van der Waals surface area contributed by atoms with Crippen molar-refractivity contribution in [2.45, 2.75) is 33.9 Å². The van der Waals surface area contributed by atoms with Gasteiger partial charge < -0.3 is 4.57 Å². The normalized spacial score (nSPS) is 18.1. The van der Waals surface area contributed by atoms with E-state index in [4.69, 9.17) is 0 Å². The van der Waals surface area contributed by atoms with Crippen LogP contribution in [0.25, 0.3) is 21.9 Å². The Morgan fingerprint density at radius 3 is 2.55 bits per heavy atom. The van der Waals surface area contributed by atoms with E-state index in [0.717, 1.165) is 29.9 Å². The third-order valence-corrected chi connectivity index (χ3v) is 4.69. The van der Waals surface area contributed by atoms with Gasteiger partial charge in [-0.2, -0.15) is 0 Å². The molecule has 2 aromatic heterocycles. The molecule has 102 valence electrons. The molecule has 0 saturated carbocycles. The summed E-state index contributed by atoms with van der Waals surface area (Å²) in [6.45, 7) is 8.06. The van der Waals surface area contributed by atoms with Gasteiger partial charge in [-0.3, -0.25) is 9.36 Å². The molecule has 0 aliphatic carbocycles. The van der Waals surface area contributed by atoms with Crippen LogP contribution in [0.2, 0.25) is 0 Å². The van der Waals surface area contributed by atoms with E-state index in [9.17, 15) is 4.79 Å². The number of hydrogen-bond donors (Lipinski definition) is 0. The highest BCUT2D eigenvalue weighted by molar-refractivity contribution is 6.08. The lowest BCUT2D eigenvalue weighted by Crippen LogP contribution is -2.32. The van der Waals surface area contributed by atoms with E-state index in [0.29, 0.717) is 5.92 Å². The number of nitrogens with zero attached hydrogens (tertiary/aromatic N) is 2. The van der Waals surface area contributed by atoms with Crippen molar-refractivity contribution in [3.05, 3.63) is 45.7 Å². The minimum absolute atomic E-state index is 0.172. The Bertz CT molecular complexity index is 914. The molecule has 0 radical (unpaired) electrons. The van der Waals surface area contributed by atoms with Crippen molar-refractivity contribution in [2.24, 2.45) is 5.92 Å². The van der Waals surface area contributed by atoms with Crippen LogP contribution in [0, 0.1) is 19.8 Å². The van der Waals surface area contributed by atoms with Crippen molar-refractivity contribution in [1.82, 2.24) is 9.13 Å². The van der Waals surface area contributed by atoms with Crippen LogP contribution in [-0.4, -0.2) is 9.13 Å². The van der Waals surface area contributed by atoms with Crippen LogP contribution >= 0.6 is 0 Å². The van der Waals surface area contributed by atoms with Crippen LogP contribution in [0.1, 0.15) is 18.1 Å². The van der Waals surface area contributed by atoms with Gasteiger partial charge in [0.25, 0.3) is 5.56 Å². The number of benzene rings is 1. The van der Waals surface area contributed by atoms with Gasteiger partial charge in [-0.05, 0) is 31.4 Å². The fourth-order valence-corrected chi connectivity index (χ4v) is 3.62. The second-order valence-electron chi connectivity index (χ2n) is 6.10. The van der Waals surface area contributed by atoms with Crippen LogP contribution in [-0.2, 0) is 13.1 Å². The topological polar surface area (TPSA) is 26.9 Å². The lowest BCUT2D eigenvalue weighted by atomic mass is 10.0. The monoisotopic (exact) mass is 266 g/mol. The number of aromatic nitrogens is 2. The molecule has 1 aliphatic rings. The molecule has 0 spiro atoms. The summed E-state index contributed by atoms with van der Waals surface area (Å²) < 4.78 is 4.30. The second kappa shape index (κ2) is 3.75. The summed E-state index contributed by atoms with van der Waals surface area (Å²) in [5, 5.41) is 2.52. The molecule has 20 heavy (non-hydrogen) atoms. The van der Waals surface area contributed by atoms with E-state index in [1.165, 1.54) is 16.3 Å². The lowest BCUT2D eigenvalue weighted by Gasteiger charge is -2.24. The van der Waals surface area contributed by atoms with Crippen molar-refractivity contribution >= 4 is 21.9 Å². The smallest absolute Gasteiger partial charge is 0.255 e. The average Bonchev–Trinajstić information content (AvgIpc) is 2.77. The van der Waals surface area contributed by atoms with Crippen LogP contribution in [0.5, 0.6) is 0 Å². The highest BCUT2D eigenvalue weighted by atomic mass is 16.1. The lowest BCUT2D eigenvalue weighted by molar-refractivity contribution is 0.392. The highest BCUT2D eigenvalue weighted by Crippen LogP contribution is 2.34. The summed E-state index contributed by atoms with van der Waals surface area (Å²) in [6, 6.07) is 8.49. The Morgan fingerprint density at radius 2 is 1.75 bits per heavy atom. The molecule has 1 aliphatic heterocycles. The molecular weight excluding hydrogens is 248 g/mol. The first-order chi connectivity index (χ1) is 9.59. The Morgan fingerprint density at radius 1 is 1.05 bits per heavy atom. The molecule has 4 rings (SSSR count). The van der Waals surface area contributed by atoms with Gasteiger partial charge in [-0.1, -0.05) is 25.1 Å². The van der Waals surface area contributed by atoms with Gasteiger partial charge >= 0.3 is 0 Å². The van der Waals surface area contributed by atoms with E-state index in [1.54, 1.807) is 0 Å². The quantitative estimate of drug-likeness (QED) is 0.613. The van der Waals surface area contributed by atoms with Crippen molar-refractivity contribution in [2.75, 3.05) is 0 Å². The summed E-state index contributed by atoms with van der Waals surface area (Å²) in [7, 11) is 0. The fourth-order valence-electron chi connectivity index (χ4n) is 3.62. The zero-order valence-corrected chi connectivity index (χ0v) is 12.1. The molecule has 0 unspecified atom stereocenters. The molecule has 3 aromatic rings. The highest BCUT2D eigenvalue weighted by Gasteiger charge is 2.24. The molecule has 0 fully saturated rings. The molecular formula is C17H18N2O. The first-order valence-electron chi connectivity index (χ1n) is 7.20. The first-order valence-corrected chi connectivity index (χ1v) is 7.20. The Hall–Kier alpha value is -2.03. The predicted molar refractivity (Wildman–Crippen MR) is 82.3 cm³/mol. The molecule has 3 heterocycles. The fraction of sp³-hybridized carbons (Fsp3) is 0.353. The summed E-state index contributed by atoms with van der Waals surface area (Å²) in [5.41, 5.74) is 4.54. The van der Waals surface area contributed by atoms with Gasteiger partial charge in [0, 0.05) is 29.4 Å². The van der Waals surface area contributed by atoms with Gasteiger partial charge in [-0.25, -0.2) is 0 Å². The van der Waals surface area contributed by atoms with Gasteiger partial charge in [0.1, 0.15) is 5.65 Å². The molecule has 0 amide bonds. The van der Waals surface area contributed by atoms with Gasteiger partial charge in [0.2, 0.25) is 0 Å². The number of aryl methyl sites for hydroxylation is 1. The van der Waals surface area contributed by atoms with E-state index >= 15 is 0 Å². The Labute approximate surface area is 117 Å². The summed E-state index contributed by atoms with van der Waals surface area (Å²) in [4.78, 5) is 12.6. The van der Waals surface area contributed by atoms with Crippen LogP contribution < -0.4 is 5.56 Å². The minimum Gasteiger partial charge on any atom is -0.326 e. The summed E-state index contributed by atoms with van der Waals surface area (Å²) in [5.74, 6) is 0.487. The predicted octanol–water partition coefficient (Wildman–Crippen LogP) is 3.22. The van der Waals surface area contributed by atoms with Crippen LogP contribution in [0.3, 0.4) is 0 Å². The minimum atomic E-state index is 0.172. The maximum absolute atomic E-state index is 12.6. The van der Waals surface area contributed by atoms with Gasteiger partial charge in [0.15, 0.2) is 0 Å². The molecule has 3 nitrogen and oxygen atoms in total. The van der Waals surface area contributed by atoms with E-state index in [1.807, 2.05) is 11.5 Å². The molecule has 1 aromatic carbocycles. The van der Waals surface area contributed by atoms with Crippen LogP contribution in [0.15, 0.2) is 29.1 Å². The number of pyridine rings is 1. The molecule has 3 heteroatoms. The molecule has 0 N–H and O–H groups in total. The standard InChI is InChI=1S/C17H18N2O/c1-10-8-18-14-7-5-4-6-13(14)15-11(2)12(3)17(20)19(9-10)16(15)18/h4-7,10H,8-9H2,1-3H3/t10-/m0/s1. The van der Waals surface area contributed by atoms with Crippen molar-refractivity contribution < 1.29 is 0 Å². The third kappa shape index (κ3) is 1.28. The van der Waals surface area contributed by atoms with Crippen LogP contribution in [0.4, 0.5) is 0 Å². The number of para-hydroxylation sites is 1. The Balaban J connectivity index is 2.38. The van der Waals surface area contributed by atoms with E-state index in [2.05, 4.69) is 42.7 Å². The maximum atomic E-state index is 12.6. The average molecular weight is 266 g/mol. The maximum Gasteiger partial charge on any atom is 0.255 e. The number of hydrogen-bond acceptors (Lipinski definition) is 1. The van der Waals surface area contributed by atoms with E-state index < -0.39 is 0 Å².